The highest BCUT2D eigenvalue weighted by Crippen LogP contribution is 2.42. The number of hydrogen-bond donors (Lipinski definition) is 0. The molecule has 1 heterocycles. The summed E-state index contributed by atoms with van der Waals surface area (Å²) in [4.78, 5) is 18.4. The fourth-order valence-corrected chi connectivity index (χ4v) is 5.88. The van der Waals surface area contributed by atoms with Gasteiger partial charge in [-0.2, -0.15) is 9.78 Å². The van der Waals surface area contributed by atoms with E-state index in [1.165, 1.54) is 16.7 Å². The van der Waals surface area contributed by atoms with E-state index in [-0.39, 0.29) is 11.5 Å². The molecule has 0 radical (unpaired) electrons. The van der Waals surface area contributed by atoms with Gasteiger partial charge in [0, 0.05) is 16.0 Å². The summed E-state index contributed by atoms with van der Waals surface area (Å²) in [6.45, 7) is 2.46. The monoisotopic (exact) mass is 637 g/mol. The molecule has 196 valence electrons. The van der Waals surface area contributed by atoms with Crippen molar-refractivity contribution in [3.8, 4) is 11.5 Å². The molecule has 4 aromatic rings. The molecule has 38 heavy (non-hydrogen) atoms. The summed E-state index contributed by atoms with van der Waals surface area (Å²) in [5.41, 5.74) is 3.54. The summed E-state index contributed by atoms with van der Waals surface area (Å²) >= 11 is 7.35. The number of benzene rings is 3. The van der Waals surface area contributed by atoms with Gasteiger partial charge in [-0.1, -0.05) is 61.2 Å². The molecular weight excluding hydrogens is 610 g/mol. The lowest BCUT2D eigenvalue weighted by Crippen LogP contribution is -2.25. The van der Waals surface area contributed by atoms with Gasteiger partial charge < -0.3 is 9.47 Å². The van der Waals surface area contributed by atoms with Crippen molar-refractivity contribution < 1.29 is 9.47 Å². The second-order valence-corrected chi connectivity index (χ2v) is 11.2. The maximum atomic E-state index is 13.5. The zero-order valence-corrected chi connectivity index (χ0v) is 24.6. The van der Waals surface area contributed by atoms with E-state index in [2.05, 4.69) is 56.0 Å². The molecule has 1 fully saturated rings. The Morgan fingerprint density at radius 1 is 1.05 bits per heavy atom. The predicted octanol–water partition coefficient (Wildman–Crippen LogP) is 7.75. The van der Waals surface area contributed by atoms with Crippen LogP contribution in [-0.2, 0) is 6.61 Å². The van der Waals surface area contributed by atoms with Crippen molar-refractivity contribution in [2.45, 2.75) is 51.6 Å². The van der Waals surface area contributed by atoms with E-state index in [1.54, 1.807) is 19.4 Å². The number of methoxy groups -OCH3 is 1. The molecule has 0 atom stereocenters. The number of fused-ring (bicyclic) bond motifs is 1. The van der Waals surface area contributed by atoms with Crippen LogP contribution in [0.15, 0.2) is 73.4 Å². The van der Waals surface area contributed by atoms with Crippen LogP contribution in [0.1, 0.15) is 60.5 Å². The molecule has 3 aromatic carbocycles. The van der Waals surface area contributed by atoms with Crippen molar-refractivity contribution in [1.82, 2.24) is 9.66 Å². The van der Waals surface area contributed by atoms with Crippen molar-refractivity contribution >= 4 is 49.0 Å². The Kier molecular flexibility index (Phi) is 8.29. The van der Waals surface area contributed by atoms with Crippen LogP contribution in [0.3, 0.4) is 0 Å². The Balaban J connectivity index is 1.52. The standard InChI is InChI=1S/C30H29Br2N3O3/c1-19-9-8-10-20(15-19)18-38-28-25(37-2)16-22(26(31)27(28)32)17-33-35-29(21-11-4-3-5-12-21)34-24-14-7-6-13-23(24)30(35)36/h6-10,13-17,21H,3-5,11-12,18H2,1-2H3. The molecule has 1 aliphatic carbocycles. The molecule has 1 aliphatic rings. The van der Waals surface area contributed by atoms with Crippen LogP contribution >= 0.6 is 31.9 Å². The lowest BCUT2D eigenvalue weighted by molar-refractivity contribution is 0.282. The van der Waals surface area contributed by atoms with E-state index in [9.17, 15) is 4.79 Å². The van der Waals surface area contributed by atoms with E-state index >= 15 is 0 Å². The number of rotatable bonds is 7. The second-order valence-electron chi connectivity index (χ2n) is 9.59. The minimum Gasteiger partial charge on any atom is -0.493 e. The van der Waals surface area contributed by atoms with Gasteiger partial charge in [-0.15, -0.1) is 0 Å². The van der Waals surface area contributed by atoms with E-state index in [4.69, 9.17) is 14.5 Å². The van der Waals surface area contributed by atoms with E-state index in [0.717, 1.165) is 47.1 Å². The summed E-state index contributed by atoms with van der Waals surface area (Å²) < 4.78 is 14.8. The Morgan fingerprint density at radius 3 is 2.61 bits per heavy atom. The second kappa shape index (κ2) is 11.8. The van der Waals surface area contributed by atoms with Crippen LogP contribution < -0.4 is 15.0 Å². The quantitative estimate of drug-likeness (QED) is 0.194. The number of ether oxygens (including phenoxy) is 2. The van der Waals surface area contributed by atoms with E-state index < -0.39 is 0 Å². The topological polar surface area (TPSA) is 65.7 Å². The number of nitrogens with zero attached hydrogens (tertiary/aromatic N) is 3. The molecule has 0 bridgehead atoms. The highest BCUT2D eigenvalue weighted by molar-refractivity contribution is 9.13. The number of para-hydroxylation sites is 1. The van der Waals surface area contributed by atoms with Gasteiger partial charge in [0.1, 0.15) is 12.4 Å². The molecule has 0 unspecified atom stereocenters. The van der Waals surface area contributed by atoms with Crippen molar-refractivity contribution in [2.24, 2.45) is 5.10 Å². The zero-order chi connectivity index (χ0) is 26.6. The van der Waals surface area contributed by atoms with Gasteiger partial charge in [-0.3, -0.25) is 4.79 Å². The first-order valence-electron chi connectivity index (χ1n) is 12.8. The van der Waals surface area contributed by atoms with E-state index in [1.807, 2.05) is 36.4 Å². The summed E-state index contributed by atoms with van der Waals surface area (Å²) in [5, 5.41) is 5.24. The highest BCUT2D eigenvalue weighted by atomic mass is 79.9. The molecule has 0 spiro atoms. The van der Waals surface area contributed by atoms with Crippen LogP contribution in [0.5, 0.6) is 11.5 Å². The number of aryl methyl sites for hydroxylation is 1. The third-order valence-corrected chi connectivity index (χ3v) is 9.05. The first-order chi connectivity index (χ1) is 18.5. The Labute approximate surface area is 239 Å². The third kappa shape index (κ3) is 5.57. The van der Waals surface area contributed by atoms with Gasteiger partial charge in [-0.25, -0.2) is 4.98 Å². The summed E-state index contributed by atoms with van der Waals surface area (Å²) in [6, 6.07) is 17.5. The number of halogens is 2. The largest absolute Gasteiger partial charge is 0.493 e. The average molecular weight is 639 g/mol. The van der Waals surface area contributed by atoms with Crippen LogP contribution in [0.25, 0.3) is 10.9 Å². The first kappa shape index (κ1) is 26.6. The van der Waals surface area contributed by atoms with Gasteiger partial charge >= 0.3 is 0 Å². The number of hydrogen-bond acceptors (Lipinski definition) is 5. The van der Waals surface area contributed by atoms with Gasteiger partial charge in [0.15, 0.2) is 11.5 Å². The lowest BCUT2D eigenvalue weighted by Gasteiger charge is -2.22. The van der Waals surface area contributed by atoms with Crippen molar-refractivity contribution in [3.63, 3.8) is 0 Å². The van der Waals surface area contributed by atoms with Crippen LogP contribution in [0.2, 0.25) is 0 Å². The van der Waals surface area contributed by atoms with Gasteiger partial charge in [-0.05, 0) is 75.4 Å². The lowest BCUT2D eigenvalue weighted by atomic mass is 9.88. The summed E-state index contributed by atoms with van der Waals surface area (Å²) in [7, 11) is 1.61. The molecule has 1 saturated carbocycles. The zero-order valence-electron chi connectivity index (χ0n) is 21.4. The smallest absolute Gasteiger partial charge is 0.282 e. The maximum Gasteiger partial charge on any atom is 0.282 e. The Bertz CT molecular complexity index is 1560. The minimum absolute atomic E-state index is 0.160. The molecule has 5 rings (SSSR count). The van der Waals surface area contributed by atoms with Crippen molar-refractivity contribution in [1.29, 1.82) is 0 Å². The molecule has 0 amide bonds. The molecule has 0 saturated heterocycles. The summed E-state index contributed by atoms with van der Waals surface area (Å²) in [6.07, 6.45) is 7.18. The highest BCUT2D eigenvalue weighted by Gasteiger charge is 2.23. The number of aromatic nitrogens is 2. The van der Waals surface area contributed by atoms with Gasteiger partial charge in [0.2, 0.25) is 0 Å². The SMILES string of the molecule is COc1cc(C=Nn2c(C3CCCCC3)nc3ccccc3c2=O)c(Br)c(Br)c1OCc1cccc(C)c1. The normalized spacial score (nSPS) is 14.3. The fourth-order valence-electron chi connectivity index (χ4n) is 4.94. The molecule has 8 heteroatoms. The average Bonchev–Trinajstić information content (AvgIpc) is 2.94. The van der Waals surface area contributed by atoms with Gasteiger partial charge in [0.05, 0.1) is 28.7 Å². The Morgan fingerprint density at radius 2 is 1.84 bits per heavy atom. The van der Waals surface area contributed by atoms with Crippen molar-refractivity contribution in [3.05, 3.63) is 96.4 Å². The summed E-state index contributed by atoms with van der Waals surface area (Å²) in [5.74, 6) is 2.08. The van der Waals surface area contributed by atoms with Crippen LogP contribution in [0.4, 0.5) is 0 Å². The predicted molar refractivity (Wildman–Crippen MR) is 159 cm³/mol. The molecule has 0 N–H and O–H groups in total. The fraction of sp³-hybridized carbons (Fsp3) is 0.300. The molecule has 1 aromatic heterocycles. The van der Waals surface area contributed by atoms with Crippen molar-refractivity contribution in [2.75, 3.05) is 7.11 Å². The first-order valence-corrected chi connectivity index (χ1v) is 14.3. The van der Waals surface area contributed by atoms with Crippen LogP contribution in [0, 0.1) is 6.92 Å². The maximum absolute atomic E-state index is 13.5. The molecule has 6 nitrogen and oxygen atoms in total. The third-order valence-electron chi connectivity index (χ3n) is 6.90. The minimum atomic E-state index is -0.160. The Hall–Kier alpha value is -2.97. The van der Waals surface area contributed by atoms with Gasteiger partial charge in [0.25, 0.3) is 5.56 Å². The molecular formula is C30H29Br2N3O3. The van der Waals surface area contributed by atoms with E-state index in [0.29, 0.717) is 33.5 Å². The molecule has 0 aliphatic heterocycles. The van der Waals surface area contributed by atoms with Crippen LogP contribution in [-0.4, -0.2) is 23.0 Å².